The molecule has 0 aliphatic carbocycles. The first kappa shape index (κ1) is 14.8. The highest BCUT2D eigenvalue weighted by Crippen LogP contribution is 2.16. The number of carbonyl (C=O) groups excluding carboxylic acids is 1. The van der Waals surface area contributed by atoms with E-state index in [0.29, 0.717) is 6.61 Å². The van der Waals surface area contributed by atoms with Gasteiger partial charge in [0.15, 0.2) is 0 Å². The fourth-order valence-corrected chi connectivity index (χ4v) is 1.91. The van der Waals surface area contributed by atoms with Crippen LogP contribution in [0.5, 0.6) is 0 Å². The Kier molecular flexibility index (Phi) is 4.56. The lowest BCUT2D eigenvalue weighted by Crippen LogP contribution is -2.55. The van der Waals surface area contributed by atoms with E-state index in [9.17, 15) is 9.59 Å². The third kappa shape index (κ3) is 3.87. The normalized spacial score (nSPS) is 23.8. The molecule has 1 aliphatic heterocycles. The summed E-state index contributed by atoms with van der Waals surface area (Å²) in [5.74, 6) is -1.02. The van der Waals surface area contributed by atoms with Gasteiger partial charge in [0.1, 0.15) is 6.54 Å². The van der Waals surface area contributed by atoms with Gasteiger partial charge in [-0.3, -0.25) is 4.79 Å². The van der Waals surface area contributed by atoms with Gasteiger partial charge in [-0.15, -0.1) is 0 Å². The number of carboxylic acids is 1. The molecule has 0 aromatic carbocycles. The quantitative estimate of drug-likeness (QED) is 0.793. The molecular weight excluding hydrogens is 236 g/mol. The summed E-state index contributed by atoms with van der Waals surface area (Å²) in [5, 5.41) is 11.7. The van der Waals surface area contributed by atoms with Crippen LogP contribution in [0.25, 0.3) is 0 Å². The molecule has 104 valence electrons. The molecule has 0 radical (unpaired) electrons. The van der Waals surface area contributed by atoms with Crippen LogP contribution in [0, 0.1) is 0 Å². The molecule has 2 atom stereocenters. The fourth-order valence-electron chi connectivity index (χ4n) is 1.91. The zero-order chi connectivity index (χ0) is 13.9. The molecule has 0 spiro atoms. The van der Waals surface area contributed by atoms with Crippen LogP contribution < -0.4 is 5.32 Å². The maximum Gasteiger partial charge on any atom is 0.323 e. The Morgan fingerprint density at radius 1 is 1.44 bits per heavy atom. The van der Waals surface area contributed by atoms with Crippen molar-refractivity contribution in [1.82, 2.24) is 10.2 Å². The lowest BCUT2D eigenvalue weighted by Gasteiger charge is -2.35. The van der Waals surface area contributed by atoms with Crippen molar-refractivity contribution in [3.63, 3.8) is 0 Å². The molecule has 0 bridgehead atoms. The van der Waals surface area contributed by atoms with Crippen molar-refractivity contribution >= 4 is 12.0 Å². The second kappa shape index (κ2) is 5.56. The van der Waals surface area contributed by atoms with E-state index in [4.69, 9.17) is 9.84 Å². The maximum absolute atomic E-state index is 12.1. The first-order valence-electron chi connectivity index (χ1n) is 6.13. The van der Waals surface area contributed by atoms with Crippen molar-refractivity contribution in [2.75, 3.05) is 13.2 Å². The Hall–Kier alpha value is -1.30. The van der Waals surface area contributed by atoms with Crippen molar-refractivity contribution in [2.24, 2.45) is 0 Å². The summed E-state index contributed by atoms with van der Waals surface area (Å²) >= 11 is 0. The van der Waals surface area contributed by atoms with Gasteiger partial charge in [0.25, 0.3) is 0 Å². The van der Waals surface area contributed by atoms with Crippen LogP contribution in [-0.2, 0) is 9.53 Å². The van der Waals surface area contributed by atoms with Gasteiger partial charge in [0.2, 0.25) is 0 Å². The second-order valence-corrected chi connectivity index (χ2v) is 5.57. The number of hydrogen-bond donors (Lipinski definition) is 2. The van der Waals surface area contributed by atoms with Crippen LogP contribution in [0.15, 0.2) is 0 Å². The molecule has 6 nitrogen and oxygen atoms in total. The third-order valence-electron chi connectivity index (χ3n) is 3.03. The minimum Gasteiger partial charge on any atom is -0.480 e. The Morgan fingerprint density at radius 3 is 2.44 bits per heavy atom. The lowest BCUT2D eigenvalue weighted by molar-refractivity contribution is -0.138. The summed E-state index contributed by atoms with van der Waals surface area (Å²) < 4.78 is 5.36. The molecule has 18 heavy (non-hydrogen) atoms. The van der Waals surface area contributed by atoms with Crippen LogP contribution in [0.3, 0.4) is 0 Å². The zero-order valence-corrected chi connectivity index (χ0v) is 11.4. The van der Waals surface area contributed by atoms with E-state index in [1.807, 2.05) is 27.7 Å². The summed E-state index contributed by atoms with van der Waals surface area (Å²) in [6, 6.07) is -0.400. The molecule has 1 heterocycles. The van der Waals surface area contributed by atoms with Gasteiger partial charge in [-0.1, -0.05) is 0 Å². The lowest BCUT2D eigenvalue weighted by atomic mass is 10.1. The number of amides is 2. The standard InChI is InChI=1S/C12H22N2O4/c1-8-9(5-6-18-8)13-11(17)14(7-10(15)16)12(2,3)4/h8-9H,5-7H2,1-4H3,(H,13,17)(H,15,16). The summed E-state index contributed by atoms with van der Waals surface area (Å²) in [5.41, 5.74) is -0.537. The van der Waals surface area contributed by atoms with Gasteiger partial charge >= 0.3 is 12.0 Å². The predicted octanol–water partition coefficient (Wildman–Crippen LogP) is 1.06. The number of hydrogen-bond acceptors (Lipinski definition) is 3. The van der Waals surface area contributed by atoms with E-state index >= 15 is 0 Å². The topological polar surface area (TPSA) is 78.9 Å². The predicted molar refractivity (Wildman–Crippen MR) is 66.4 cm³/mol. The van der Waals surface area contributed by atoms with Crippen molar-refractivity contribution in [3.8, 4) is 0 Å². The van der Waals surface area contributed by atoms with Gasteiger partial charge in [-0.25, -0.2) is 4.79 Å². The zero-order valence-electron chi connectivity index (χ0n) is 11.4. The molecular formula is C12H22N2O4. The highest BCUT2D eigenvalue weighted by atomic mass is 16.5. The number of aliphatic carboxylic acids is 1. The average Bonchev–Trinajstić information content (AvgIpc) is 2.59. The Morgan fingerprint density at radius 2 is 2.06 bits per heavy atom. The van der Waals surface area contributed by atoms with E-state index < -0.39 is 11.5 Å². The monoisotopic (exact) mass is 258 g/mol. The number of rotatable bonds is 3. The molecule has 1 rings (SSSR count). The fraction of sp³-hybridized carbons (Fsp3) is 0.833. The minimum atomic E-state index is -1.02. The average molecular weight is 258 g/mol. The SMILES string of the molecule is CC1OCCC1NC(=O)N(CC(=O)O)C(C)(C)C. The van der Waals surface area contributed by atoms with Crippen molar-refractivity contribution in [1.29, 1.82) is 0 Å². The summed E-state index contributed by atoms with van der Waals surface area (Å²) in [4.78, 5) is 24.3. The molecule has 6 heteroatoms. The number of ether oxygens (including phenoxy) is 1. The summed E-state index contributed by atoms with van der Waals surface area (Å²) in [6.45, 7) is 7.65. The molecule has 1 saturated heterocycles. The Balaban J connectivity index is 2.67. The van der Waals surface area contributed by atoms with Gasteiger partial charge in [-0.05, 0) is 34.1 Å². The number of carbonyl (C=O) groups is 2. The highest BCUT2D eigenvalue weighted by molar-refractivity contribution is 5.81. The first-order chi connectivity index (χ1) is 8.21. The summed E-state index contributed by atoms with van der Waals surface area (Å²) in [7, 11) is 0. The van der Waals surface area contributed by atoms with E-state index in [-0.39, 0.29) is 24.7 Å². The highest BCUT2D eigenvalue weighted by Gasteiger charge is 2.32. The minimum absolute atomic E-state index is 0.0272. The van der Waals surface area contributed by atoms with Crippen LogP contribution in [-0.4, -0.2) is 52.8 Å². The molecule has 0 saturated carbocycles. The molecule has 1 fully saturated rings. The molecule has 1 aliphatic rings. The van der Waals surface area contributed by atoms with Gasteiger partial charge in [-0.2, -0.15) is 0 Å². The van der Waals surface area contributed by atoms with Crippen LogP contribution >= 0.6 is 0 Å². The molecule has 2 amide bonds. The van der Waals surface area contributed by atoms with E-state index in [2.05, 4.69) is 5.32 Å². The largest absolute Gasteiger partial charge is 0.480 e. The maximum atomic E-state index is 12.1. The third-order valence-corrected chi connectivity index (χ3v) is 3.03. The van der Waals surface area contributed by atoms with Crippen molar-refractivity contribution in [3.05, 3.63) is 0 Å². The van der Waals surface area contributed by atoms with Crippen LogP contribution in [0.1, 0.15) is 34.1 Å². The second-order valence-electron chi connectivity index (χ2n) is 5.57. The van der Waals surface area contributed by atoms with Crippen LogP contribution in [0.4, 0.5) is 4.79 Å². The molecule has 2 unspecified atom stereocenters. The number of urea groups is 1. The Labute approximate surface area is 107 Å². The molecule has 2 N–H and O–H groups in total. The van der Waals surface area contributed by atoms with E-state index in [1.165, 1.54) is 4.90 Å². The van der Waals surface area contributed by atoms with Gasteiger partial charge in [0.05, 0.1) is 12.1 Å². The van der Waals surface area contributed by atoms with Gasteiger partial charge < -0.3 is 20.1 Å². The van der Waals surface area contributed by atoms with E-state index in [1.54, 1.807) is 0 Å². The smallest absolute Gasteiger partial charge is 0.323 e. The first-order valence-corrected chi connectivity index (χ1v) is 6.13. The molecule has 0 aromatic heterocycles. The number of nitrogens with zero attached hydrogens (tertiary/aromatic N) is 1. The number of nitrogens with one attached hydrogen (secondary N) is 1. The Bertz CT molecular complexity index is 325. The summed E-state index contributed by atoms with van der Waals surface area (Å²) in [6.07, 6.45) is 0.735. The van der Waals surface area contributed by atoms with Gasteiger partial charge in [0, 0.05) is 12.1 Å². The van der Waals surface area contributed by atoms with Crippen LogP contribution in [0.2, 0.25) is 0 Å². The molecule has 0 aromatic rings. The number of carboxylic acid groups (broad SMARTS) is 1. The van der Waals surface area contributed by atoms with Crippen molar-refractivity contribution in [2.45, 2.75) is 51.8 Å². The van der Waals surface area contributed by atoms with E-state index in [0.717, 1.165) is 6.42 Å². The van der Waals surface area contributed by atoms with Crippen molar-refractivity contribution < 1.29 is 19.4 Å².